The fourth-order valence-corrected chi connectivity index (χ4v) is 4.16. The van der Waals surface area contributed by atoms with Crippen LogP contribution in [0.5, 0.6) is 0 Å². The predicted molar refractivity (Wildman–Crippen MR) is 127 cm³/mol. The van der Waals surface area contributed by atoms with Gasteiger partial charge < -0.3 is 9.67 Å². The molecule has 170 valence electrons. The maximum absolute atomic E-state index is 13.6. The summed E-state index contributed by atoms with van der Waals surface area (Å²) in [6, 6.07) is 11.2. The summed E-state index contributed by atoms with van der Waals surface area (Å²) in [4.78, 5) is 35.7. The van der Waals surface area contributed by atoms with Gasteiger partial charge in [-0.1, -0.05) is 23.7 Å². The summed E-state index contributed by atoms with van der Waals surface area (Å²) < 4.78 is 4.43. The van der Waals surface area contributed by atoms with Gasteiger partial charge in [-0.05, 0) is 56.0 Å². The van der Waals surface area contributed by atoms with Gasteiger partial charge in [-0.3, -0.25) is 18.9 Å². The highest BCUT2D eigenvalue weighted by atomic mass is 35.5. The quantitative estimate of drug-likeness (QED) is 0.472. The van der Waals surface area contributed by atoms with Crippen LogP contribution in [-0.4, -0.2) is 34.4 Å². The van der Waals surface area contributed by atoms with Gasteiger partial charge in [-0.25, -0.2) is 9.78 Å². The summed E-state index contributed by atoms with van der Waals surface area (Å²) in [7, 11) is 1.61. The van der Waals surface area contributed by atoms with E-state index in [0.717, 1.165) is 16.8 Å². The van der Waals surface area contributed by atoms with Gasteiger partial charge in [0.05, 0.1) is 5.60 Å². The number of aliphatic hydroxyl groups is 1. The first-order chi connectivity index (χ1) is 15.8. The van der Waals surface area contributed by atoms with Gasteiger partial charge in [0.15, 0.2) is 11.2 Å². The van der Waals surface area contributed by atoms with Gasteiger partial charge in [0, 0.05) is 42.6 Å². The first-order valence-corrected chi connectivity index (χ1v) is 11.2. The van der Waals surface area contributed by atoms with Crippen molar-refractivity contribution in [3.8, 4) is 11.4 Å². The minimum absolute atomic E-state index is 0.158. The number of hydrogen-bond acceptors (Lipinski definition) is 5. The molecule has 8 nitrogen and oxygen atoms in total. The molecule has 0 bridgehead atoms. The van der Waals surface area contributed by atoms with Crippen LogP contribution in [0.4, 0.5) is 0 Å². The highest BCUT2D eigenvalue weighted by Gasteiger charge is 2.40. The van der Waals surface area contributed by atoms with Crippen LogP contribution in [0.2, 0.25) is 5.02 Å². The molecular formula is C24H24ClN5O3. The first-order valence-electron chi connectivity index (χ1n) is 10.9. The van der Waals surface area contributed by atoms with Crippen molar-refractivity contribution in [3.05, 3.63) is 79.7 Å². The molecule has 1 saturated carbocycles. The van der Waals surface area contributed by atoms with Crippen LogP contribution >= 0.6 is 11.6 Å². The number of aromatic nitrogens is 5. The van der Waals surface area contributed by atoms with Gasteiger partial charge in [0.25, 0.3) is 5.56 Å². The van der Waals surface area contributed by atoms with E-state index in [0.29, 0.717) is 47.8 Å². The third-order valence-electron chi connectivity index (χ3n) is 6.28. The van der Waals surface area contributed by atoms with Crippen LogP contribution in [0.15, 0.2) is 52.2 Å². The van der Waals surface area contributed by atoms with Gasteiger partial charge in [-0.15, -0.1) is 0 Å². The van der Waals surface area contributed by atoms with E-state index >= 15 is 0 Å². The molecule has 1 N–H and O–H groups in total. The molecule has 0 radical (unpaired) electrons. The summed E-state index contributed by atoms with van der Waals surface area (Å²) in [5.74, 6) is 0.554. The first kappa shape index (κ1) is 21.6. The van der Waals surface area contributed by atoms with Crippen molar-refractivity contribution in [1.82, 2.24) is 23.7 Å². The van der Waals surface area contributed by atoms with Gasteiger partial charge in [0.2, 0.25) is 0 Å². The van der Waals surface area contributed by atoms with Crippen molar-refractivity contribution in [2.45, 2.75) is 44.9 Å². The fourth-order valence-electron chi connectivity index (χ4n) is 4.03. The number of hydrogen-bond donors (Lipinski definition) is 1. The van der Waals surface area contributed by atoms with Crippen molar-refractivity contribution in [1.29, 1.82) is 0 Å². The molecule has 0 spiro atoms. The Bertz CT molecular complexity index is 1460. The van der Waals surface area contributed by atoms with E-state index in [-0.39, 0.29) is 6.54 Å². The Morgan fingerprint density at radius 3 is 2.45 bits per heavy atom. The summed E-state index contributed by atoms with van der Waals surface area (Å²) in [6.07, 6.45) is 3.48. The Morgan fingerprint density at radius 2 is 1.82 bits per heavy atom. The highest BCUT2D eigenvalue weighted by Crippen LogP contribution is 2.38. The molecule has 1 fully saturated rings. The van der Waals surface area contributed by atoms with Crippen LogP contribution in [0.1, 0.15) is 30.5 Å². The van der Waals surface area contributed by atoms with Crippen LogP contribution in [0.25, 0.3) is 22.6 Å². The Balaban J connectivity index is 1.73. The lowest BCUT2D eigenvalue weighted by Gasteiger charge is -2.13. The maximum Gasteiger partial charge on any atom is 0.332 e. The molecule has 1 aliphatic rings. The standard InChI is InChI=1S/C24H24ClN5O3/c1-15-3-6-17(13-26-15)20-27-21-19(30(20)14-16-4-7-18(25)8-5-16)22(31)29(23(32)28(21)2)12-11-24(33)9-10-24/h3-8,13,33H,9-12,14H2,1-2H3. The lowest BCUT2D eigenvalue weighted by molar-refractivity contribution is 0.133. The normalized spacial score (nSPS) is 14.7. The second kappa shape index (κ2) is 7.97. The smallest absolute Gasteiger partial charge is 0.332 e. The zero-order chi connectivity index (χ0) is 23.3. The topological polar surface area (TPSA) is 94.9 Å². The van der Waals surface area contributed by atoms with E-state index in [1.165, 1.54) is 9.13 Å². The third-order valence-corrected chi connectivity index (χ3v) is 6.54. The summed E-state index contributed by atoms with van der Waals surface area (Å²) in [5.41, 5.74) is 1.59. The number of fused-ring (bicyclic) bond motifs is 1. The highest BCUT2D eigenvalue weighted by molar-refractivity contribution is 6.30. The molecule has 3 aromatic heterocycles. The second-order valence-electron chi connectivity index (χ2n) is 8.78. The Kier molecular flexibility index (Phi) is 5.22. The van der Waals surface area contributed by atoms with E-state index in [9.17, 15) is 14.7 Å². The average Bonchev–Trinajstić information content (AvgIpc) is 3.41. The van der Waals surface area contributed by atoms with Crippen LogP contribution in [0.3, 0.4) is 0 Å². The monoisotopic (exact) mass is 465 g/mol. The molecule has 5 rings (SSSR count). The SMILES string of the molecule is Cc1ccc(-c2nc3c(c(=O)n(CCC4(O)CC4)c(=O)n3C)n2Cc2ccc(Cl)cc2)cn1. The number of pyridine rings is 1. The number of aryl methyl sites for hydroxylation is 2. The average molecular weight is 466 g/mol. The molecule has 33 heavy (non-hydrogen) atoms. The number of nitrogens with zero attached hydrogens (tertiary/aromatic N) is 5. The number of halogens is 1. The van der Waals surface area contributed by atoms with Crippen LogP contribution in [0, 0.1) is 6.92 Å². The van der Waals surface area contributed by atoms with Crippen LogP contribution < -0.4 is 11.2 Å². The number of benzene rings is 1. The van der Waals surface area contributed by atoms with Crippen molar-refractivity contribution in [2.75, 3.05) is 0 Å². The van der Waals surface area contributed by atoms with Gasteiger partial charge in [0.1, 0.15) is 5.82 Å². The molecule has 0 amide bonds. The van der Waals surface area contributed by atoms with Crippen molar-refractivity contribution < 1.29 is 5.11 Å². The summed E-state index contributed by atoms with van der Waals surface area (Å²) >= 11 is 6.05. The Labute approximate surface area is 194 Å². The lowest BCUT2D eigenvalue weighted by atomic mass is 10.2. The van der Waals surface area contributed by atoms with Gasteiger partial charge in [-0.2, -0.15) is 0 Å². The molecule has 0 saturated heterocycles. The van der Waals surface area contributed by atoms with E-state index in [1.807, 2.05) is 35.8 Å². The molecule has 3 heterocycles. The van der Waals surface area contributed by atoms with E-state index in [4.69, 9.17) is 16.6 Å². The van der Waals surface area contributed by atoms with Crippen LogP contribution in [-0.2, 0) is 20.1 Å². The maximum atomic E-state index is 13.6. The summed E-state index contributed by atoms with van der Waals surface area (Å²) in [5, 5.41) is 10.9. The third kappa shape index (κ3) is 4.00. The zero-order valence-electron chi connectivity index (χ0n) is 18.5. The van der Waals surface area contributed by atoms with Gasteiger partial charge >= 0.3 is 5.69 Å². The molecule has 0 aliphatic heterocycles. The zero-order valence-corrected chi connectivity index (χ0v) is 19.2. The minimum Gasteiger partial charge on any atom is -0.390 e. The van der Waals surface area contributed by atoms with E-state index in [1.54, 1.807) is 25.4 Å². The predicted octanol–water partition coefficient (Wildman–Crippen LogP) is 2.88. The Hall–Kier alpha value is -3.23. The molecule has 1 aromatic carbocycles. The molecule has 4 aromatic rings. The lowest BCUT2D eigenvalue weighted by Crippen LogP contribution is -2.40. The molecular weight excluding hydrogens is 442 g/mol. The number of imidazole rings is 1. The molecule has 0 atom stereocenters. The van der Waals surface area contributed by atoms with E-state index in [2.05, 4.69) is 4.98 Å². The van der Waals surface area contributed by atoms with Crippen molar-refractivity contribution in [3.63, 3.8) is 0 Å². The van der Waals surface area contributed by atoms with E-state index < -0.39 is 16.9 Å². The fraction of sp³-hybridized carbons (Fsp3) is 0.333. The largest absolute Gasteiger partial charge is 0.390 e. The second-order valence-corrected chi connectivity index (χ2v) is 9.22. The van der Waals surface area contributed by atoms with Crippen molar-refractivity contribution in [2.24, 2.45) is 7.05 Å². The summed E-state index contributed by atoms with van der Waals surface area (Å²) in [6.45, 7) is 2.43. The molecule has 0 unspecified atom stereocenters. The molecule has 9 heteroatoms. The number of rotatable bonds is 6. The molecule has 1 aliphatic carbocycles. The minimum atomic E-state index is -0.762. The Morgan fingerprint density at radius 1 is 1.09 bits per heavy atom. The van der Waals surface area contributed by atoms with Crippen molar-refractivity contribution >= 4 is 22.8 Å².